The molecule has 0 bridgehead atoms. The van der Waals surface area contributed by atoms with E-state index in [1.807, 2.05) is 18.3 Å². The van der Waals surface area contributed by atoms with Crippen molar-refractivity contribution in [2.45, 2.75) is 26.3 Å². The van der Waals surface area contributed by atoms with Crippen LogP contribution in [0.2, 0.25) is 0 Å². The Morgan fingerprint density at radius 2 is 2.13 bits per heavy atom. The second kappa shape index (κ2) is 8.02. The minimum Gasteiger partial charge on any atom is -0.492 e. The molecule has 0 aliphatic heterocycles. The first-order valence-corrected chi connectivity index (χ1v) is 9.63. The van der Waals surface area contributed by atoms with E-state index in [0.29, 0.717) is 18.0 Å². The van der Waals surface area contributed by atoms with Crippen molar-refractivity contribution in [3.05, 3.63) is 36.2 Å². The number of pyridine rings is 1. The highest BCUT2D eigenvalue weighted by Crippen LogP contribution is 2.37. The number of fused-ring (bicyclic) bond motifs is 1. The van der Waals surface area contributed by atoms with Gasteiger partial charge in [-0.05, 0) is 31.9 Å². The first-order valence-electron chi connectivity index (χ1n) is 11.1. The van der Waals surface area contributed by atoms with Crippen molar-refractivity contribution in [1.29, 1.82) is 0 Å². The number of aryl methyl sites for hydroxylation is 1. The Morgan fingerprint density at radius 3 is 2.83 bits per heavy atom. The molecule has 2 amide bonds. The van der Waals surface area contributed by atoms with Crippen LogP contribution in [0.5, 0.6) is 5.75 Å². The van der Waals surface area contributed by atoms with Crippen molar-refractivity contribution in [1.82, 2.24) is 20.1 Å². The van der Waals surface area contributed by atoms with E-state index in [0.717, 1.165) is 23.7 Å². The quantitative estimate of drug-likeness (QED) is 0.551. The molecule has 30 heavy (non-hydrogen) atoms. The predicted octanol–water partition coefficient (Wildman–Crippen LogP) is 2.91. The number of ether oxygens (including phenoxy) is 1. The van der Waals surface area contributed by atoms with Crippen LogP contribution >= 0.6 is 0 Å². The van der Waals surface area contributed by atoms with E-state index in [2.05, 4.69) is 20.7 Å². The van der Waals surface area contributed by atoms with E-state index in [1.54, 1.807) is 16.9 Å². The van der Waals surface area contributed by atoms with E-state index in [9.17, 15) is 9.59 Å². The molecule has 1 saturated carbocycles. The molecule has 1 aromatic carbocycles. The van der Waals surface area contributed by atoms with Gasteiger partial charge in [0.25, 0.3) is 5.91 Å². The summed E-state index contributed by atoms with van der Waals surface area (Å²) in [6.45, 7) is -0.0828. The summed E-state index contributed by atoms with van der Waals surface area (Å²) >= 11 is 0. The molecule has 3 aromatic rings. The lowest BCUT2D eigenvalue weighted by molar-refractivity contribution is -0.117. The van der Waals surface area contributed by atoms with Gasteiger partial charge >= 0.3 is 0 Å². The van der Waals surface area contributed by atoms with E-state index >= 15 is 0 Å². The van der Waals surface area contributed by atoms with Crippen LogP contribution in [0.4, 0.5) is 17.2 Å². The first kappa shape index (κ1) is 16.2. The van der Waals surface area contributed by atoms with Crippen LogP contribution in [0, 0.1) is 5.92 Å². The summed E-state index contributed by atoms with van der Waals surface area (Å²) in [5.41, 5.74) is 1.57. The second-order valence-electron chi connectivity index (χ2n) is 7.00. The molecule has 0 unspecified atom stereocenters. The maximum atomic E-state index is 12.7. The van der Waals surface area contributed by atoms with Gasteiger partial charge < -0.3 is 20.7 Å². The molecule has 2 heterocycles. The fraction of sp³-hybridized carbons (Fsp3) is 0.333. The third-order valence-electron chi connectivity index (χ3n) is 4.99. The standard InChI is InChI=1S/C21H24N6O3/c1-4-27-18-13(10-24-27)7-8-15(19(18)30-3)25-16-9-17(26-20(28)12-5-6-12)23-11-14(16)21(29)22-2/h7-12H,4-6H2,1-3H3,(H,22,29)(H2,23,25,26,28)/i2D3. The molecule has 0 saturated heterocycles. The van der Waals surface area contributed by atoms with Gasteiger partial charge in [-0.15, -0.1) is 0 Å². The van der Waals surface area contributed by atoms with Crippen molar-refractivity contribution < 1.29 is 18.4 Å². The smallest absolute Gasteiger partial charge is 0.254 e. The molecule has 0 atom stereocenters. The Kier molecular flexibility index (Phi) is 4.33. The average Bonchev–Trinajstić information content (AvgIpc) is 3.52. The number of nitrogens with one attached hydrogen (secondary N) is 3. The Hall–Kier alpha value is -3.62. The van der Waals surface area contributed by atoms with Crippen LogP contribution in [0.25, 0.3) is 10.9 Å². The molecular formula is C21H24N6O3. The van der Waals surface area contributed by atoms with Gasteiger partial charge in [-0.25, -0.2) is 4.98 Å². The molecule has 2 aromatic heterocycles. The molecule has 1 fully saturated rings. The number of anilines is 3. The number of aromatic nitrogens is 3. The van der Waals surface area contributed by atoms with E-state index in [-0.39, 0.29) is 28.9 Å². The van der Waals surface area contributed by atoms with Crippen LogP contribution < -0.4 is 20.7 Å². The zero-order valence-electron chi connectivity index (χ0n) is 19.7. The maximum Gasteiger partial charge on any atom is 0.254 e. The number of carbonyl (C=O) groups excluding carboxylic acids is 2. The van der Waals surface area contributed by atoms with E-state index in [4.69, 9.17) is 8.85 Å². The number of rotatable bonds is 7. The molecular weight excluding hydrogens is 384 g/mol. The van der Waals surface area contributed by atoms with Gasteiger partial charge in [-0.1, -0.05) is 0 Å². The van der Waals surface area contributed by atoms with Crippen LogP contribution in [0.3, 0.4) is 0 Å². The van der Waals surface area contributed by atoms with Crippen molar-refractivity contribution in [3.63, 3.8) is 0 Å². The summed E-state index contributed by atoms with van der Waals surface area (Å²) in [5.74, 6) is -0.242. The zero-order chi connectivity index (χ0) is 23.8. The Bertz CT molecular complexity index is 1220. The van der Waals surface area contributed by atoms with Crippen LogP contribution in [0.1, 0.15) is 34.2 Å². The lowest BCUT2D eigenvalue weighted by atomic mass is 10.1. The van der Waals surface area contributed by atoms with E-state index in [1.165, 1.54) is 19.4 Å². The van der Waals surface area contributed by atoms with Crippen molar-refractivity contribution in [2.24, 2.45) is 5.92 Å². The summed E-state index contributed by atoms with van der Waals surface area (Å²) in [4.78, 5) is 29.0. The first-order chi connectivity index (χ1) is 15.7. The minimum absolute atomic E-state index is 0.00157. The number of nitrogens with zero attached hydrogens (tertiary/aromatic N) is 3. The van der Waals surface area contributed by atoms with E-state index < -0.39 is 12.9 Å². The SMILES string of the molecule is [2H]C([2H])([2H])NC(=O)c1cnc(NC(=O)C2CC2)cc1Nc1ccc2cnn(CC)c2c1OC. The normalized spacial score (nSPS) is 15.1. The lowest BCUT2D eigenvalue weighted by Gasteiger charge is -2.16. The number of hydrogen-bond donors (Lipinski definition) is 3. The van der Waals surface area contributed by atoms with Crippen LogP contribution in [-0.2, 0) is 11.3 Å². The van der Waals surface area contributed by atoms with Gasteiger partial charge in [-0.2, -0.15) is 5.10 Å². The molecule has 4 rings (SSSR count). The monoisotopic (exact) mass is 411 g/mol. The number of amides is 2. The third-order valence-corrected chi connectivity index (χ3v) is 4.99. The molecule has 0 spiro atoms. The molecule has 1 aliphatic rings. The fourth-order valence-corrected chi connectivity index (χ4v) is 3.29. The number of hydrogen-bond acceptors (Lipinski definition) is 6. The summed E-state index contributed by atoms with van der Waals surface area (Å²) in [7, 11) is 1.53. The van der Waals surface area contributed by atoms with Crippen molar-refractivity contribution >= 4 is 39.9 Å². The van der Waals surface area contributed by atoms with Gasteiger partial charge in [0.15, 0.2) is 5.75 Å². The van der Waals surface area contributed by atoms with Crippen LogP contribution in [0.15, 0.2) is 30.6 Å². The van der Waals surface area contributed by atoms with Gasteiger partial charge in [0.2, 0.25) is 5.91 Å². The average molecular weight is 411 g/mol. The Labute approximate surface area is 178 Å². The Morgan fingerprint density at radius 1 is 1.30 bits per heavy atom. The zero-order valence-corrected chi connectivity index (χ0v) is 16.7. The molecule has 156 valence electrons. The van der Waals surface area contributed by atoms with Gasteiger partial charge in [0.05, 0.1) is 30.2 Å². The number of carbonyl (C=O) groups is 2. The Balaban J connectivity index is 1.75. The summed E-state index contributed by atoms with van der Waals surface area (Å²) in [6.07, 6.45) is 4.63. The molecule has 1 aliphatic carbocycles. The largest absolute Gasteiger partial charge is 0.492 e. The highest BCUT2D eigenvalue weighted by atomic mass is 16.5. The molecule has 0 radical (unpaired) electrons. The third kappa shape index (κ3) is 3.66. The number of benzene rings is 1. The van der Waals surface area contributed by atoms with Gasteiger partial charge in [0.1, 0.15) is 11.3 Å². The topological polar surface area (TPSA) is 110 Å². The van der Waals surface area contributed by atoms with Gasteiger partial charge in [0, 0.05) is 41.2 Å². The molecule has 9 heteroatoms. The van der Waals surface area contributed by atoms with Gasteiger partial charge in [-0.3, -0.25) is 14.3 Å². The molecule has 9 nitrogen and oxygen atoms in total. The number of methoxy groups -OCH3 is 1. The van der Waals surface area contributed by atoms with Crippen LogP contribution in [-0.4, -0.2) is 40.7 Å². The summed E-state index contributed by atoms with van der Waals surface area (Å²) in [5, 5.41) is 13.1. The highest BCUT2D eigenvalue weighted by molar-refractivity contribution is 6.02. The highest BCUT2D eigenvalue weighted by Gasteiger charge is 2.30. The second-order valence-corrected chi connectivity index (χ2v) is 7.00. The van der Waals surface area contributed by atoms with Crippen molar-refractivity contribution in [2.75, 3.05) is 24.7 Å². The predicted molar refractivity (Wildman–Crippen MR) is 114 cm³/mol. The summed E-state index contributed by atoms with van der Waals surface area (Å²) < 4.78 is 29.5. The lowest BCUT2D eigenvalue weighted by Crippen LogP contribution is -2.20. The minimum atomic E-state index is -2.67. The van der Waals surface area contributed by atoms with Crippen molar-refractivity contribution in [3.8, 4) is 5.75 Å². The summed E-state index contributed by atoms with van der Waals surface area (Å²) in [6, 6.07) is 5.13. The fourth-order valence-electron chi connectivity index (χ4n) is 3.29. The molecule has 3 N–H and O–H groups in total. The maximum absolute atomic E-state index is 12.7.